The molecule has 2 aliphatic heterocycles. The van der Waals surface area contributed by atoms with Crippen molar-refractivity contribution in [1.29, 1.82) is 0 Å². The summed E-state index contributed by atoms with van der Waals surface area (Å²) in [6.45, 7) is 7.40. The molecule has 3 amide bonds. The minimum Gasteiger partial charge on any atom is -0.330 e. The second-order valence-corrected chi connectivity index (χ2v) is 6.06. The second kappa shape index (κ2) is 5.46. The van der Waals surface area contributed by atoms with Crippen LogP contribution in [-0.4, -0.2) is 60.0 Å². The number of imide groups is 1. The Morgan fingerprint density at radius 2 is 2.11 bits per heavy atom. The lowest BCUT2D eigenvalue weighted by molar-refractivity contribution is -0.130. The van der Waals surface area contributed by atoms with E-state index in [4.69, 9.17) is 5.73 Å². The first-order valence-corrected chi connectivity index (χ1v) is 7.00. The molecule has 0 aliphatic carbocycles. The van der Waals surface area contributed by atoms with E-state index in [-0.39, 0.29) is 11.9 Å². The number of hydrogen-bond acceptors (Lipinski definition) is 4. The molecule has 2 aliphatic rings. The minimum absolute atomic E-state index is 0.134. The van der Waals surface area contributed by atoms with Gasteiger partial charge in [0.1, 0.15) is 5.54 Å². The van der Waals surface area contributed by atoms with Gasteiger partial charge in [-0.1, -0.05) is 0 Å². The van der Waals surface area contributed by atoms with Gasteiger partial charge in [-0.25, -0.2) is 4.79 Å². The number of nitrogens with two attached hydrogens (primary N) is 1. The Hall–Kier alpha value is -1.14. The van der Waals surface area contributed by atoms with Gasteiger partial charge >= 0.3 is 6.03 Å². The highest BCUT2D eigenvalue weighted by atomic mass is 16.2. The van der Waals surface area contributed by atoms with E-state index in [0.717, 1.165) is 26.1 Å². The second-order valence-electron chi connectivity index (χ2n) is 6.06. The first-order valence-electron chi connectivity index (χ1n) is 7.00. The number of nitrogens with zero attached hydrogens (tertiary/aromatic N) is 2. The molecule has 0 aromatic heterocycles. The van der Waals surface area contributed by atoms with Gasteiger partial charge in [-0.05, 0) is 45.7 Å². The van der Waals surface area contributed by atoms with Crippen molar-refractivity contribution in [1.82, 2.24) is 15.1 Å². The average molecular weight is 268 g/mol. The number of carbonyl (C=O) groups is 2. The zero-order valence-electron chi connectivity index (χ0n) is 11.8. The summed E-state index contributed by atoms with van der Waals surface area (Å²) in [6.07, 6.45) is 2.33. The molecule has 3 N–H and O–H groups in total. The van der Waals surface area contributed by atoms with Crippen molar-refractivity contribution in [2.45, 2.75) is 32.2 Å². The normalized spacial score (nSPS) is 27.7. The maximum absolute atomic E-state index is 12.0. The average Bonchev–Trinajstić information content (AvgIpc) is 2.57. The molecule has 0 aromatic rings. The maximum atomic E-state index is 12.0. The number of nitrogens with one attached hydrogen (secondary N) is 1. The Kier molecular flexibility index (Phi) is 4.10. The van der Waals surface area contributed by atoms with E-state index in [1.165, 1.54) is 11.3 Å². The molecule has 0 spiro atoms. The Morgan fingerprint density at radius 1 is 1.37 bits per heavy atom. The standard InChI is InChI=1S/C13H24N4O2/c1-13(2)11(18)17(12(19)15-13)7-6-16-5-3-4-10(8-14)9-16/h10H,3-9,14H2,1-2H3,(H,15,19). The molecule has 1 atom stereocenters. The zero-order valence-corrected chi connectivity index (χ0v) is 11.8. The van der Waals surface area contributed by atoms with Crippen LogP contribution in [0.15, 0.2) is 0 Å². The van der Waals surface area contributed by atoms with E-state index in [9.17, 15) is 9.59 Å². The predicted molar refractivity (Wildman–Crippen MR) is 72.5 cm³/mol. The molecule has 2 rings (SSSR count). The fourth-order valence-corrected chi connectivity index (χ4v) is 2.81. The van der Waals surface area contributed by atoms with Crippen molar-refractivity contribution in [3.8, 4) is 0 Å². The van der Waals surface area contributed by atoms with Gasteiger partial charge in [0, 0.05) is 19.6 Å². The van der Waals surface area contributed by atoms with Crippen LogP contribution in [0.5, 0.6) is 0 Å². The molecule has 0 saturated carbocycles. The van der Waals surface area contributed by atoms with Crippen LogP contribution in [0.3, 0.4) is 0 Å². The van der Waals surface area contributed by atoms with Crippen molar-refractivity contribution in [2.24, 2.45) is 11.7 Å². The highest BCUT2D eigenvalue weighted by Crippen LogP contribution is 2.18. The van der Waals surface area contributed by atoms with E-state index in [1.807, 2.05) is 0 Å². The number of hydrogen-bond donors (Lipinski definition) is 2. The van der Waals surface area contributed by atoms with Crippen LogP contribution < -0.4 is 11.1 Å². The monoisotopic (exact) mass is 268 g/mol. The highest BCUT2D eigenvalue weighted by molar-refractivity contribution is 6.06. The quantitative estimate of drug-likeness (QED) is 0.703. The summed E-state index contributed by atoms with van der Waals surface area (Å²) >= 11 is 0. The number of amides is 3. The van der Waals surface area contributed by atoms with Crippen molar-refractivity contribution < 1.29 is 9.59 Å². The molecule has 0 bridgehead atoms. The third kappa shape index (κ3) is 3.06. The third-order valence-electron chi connectivity index (χ3n) is 4.02. The molecule has 108 valence electrons. The Bertz CT molecular complexity index is 370. The molecule has 0 radical (unpaired) electrons. The molecule has 2 saturated heterocycles. The van der Waals surface area contributed by atoms with Gasteiger partial charge < -0.3 is 16.0 Å². The number of likely N-dealkylation sites (tertiary alicyclic amines) is 1. The fourth-order valence-electron chi connectivity index (χ4n) is 2.81. The van der Waals surface area contributed by atoms with E-state index < -0.39 is 5.54 Å². The van der Waals surface area contributed by atoms with Gasteiger partial charge in [-0.2, -0.15) is 0 Å². The van der Waals surface area contributed by atoms with E-state index >= 15 is 0 Å². The molecule has 2 fully saturated rings. The topological polar surface area (TPSA) is 78.7 Å². The summed E-state index contributed by atoms with van der Waals surface area (Å²) in [4.78, 5) is 27.4. The zero-order chi connectivity index (χ0) is 14.0. The van der Waals surface area contributed by atoms with Crippen LogP contribution >= 0.6 is 0 Å². The minimum atomic E-state index is -0.765. The summed E-state index contributed by atoms with van der Waals surface area (Å²) in [5.41, 5.74) is 4.94. The van der Waals surface area contributed by atoms with Crippen LogP contribution in [0.2, 0.25) is 0 Å². The Morgan fingerprint density at radius 3 is 2.68 bits per heavy atom. The van der Waals surface area contributed by atoms with Gasteiger partial charge in [0.05, 0.1) is 0 Å². The van der Waals surface area contributed by atoms with Gasteiger partial charge in [0.15, 0.2) is 0 Å². The molecule has 2 heterocycles. The molecule has 1 unspecified atom stereocenters. The van der Waals surface area contributed by atoms with Crippen LogP contribution in [0.4, 0.5) is 4.79 Å². The van der Waals surface area contributed by atoms with Gasteiger partial charge in [-0.3, -0.25) is 9.69 Å². The lowest BCUT2D eigenvalue weighted by atomic mass is 9.98. The van der Waals surface area contributed by atoms with Crippen molar-refractivity contribution in [3.05, 3.63) is 0 Å². The van der Waals surface area contributed by atoms with Crippen molar-refractivity contribution >= 4 is 11.9 Å². The van der Waals surface area contributed by atoms with Gasteiger partial charge in [0.2, 0.25) is 0 Å². The fraction of sp³-hybridized carbons (Fsp3) is 0.846. The first-order chi connectivity index (χ1) is 8.94. The number of rotatable bonds is 4. The maximum Gasteiger partial charge on any atom is 0.325 e. The van der Waals surface area contributed by atoms with Crippen molar-refractivity contribution in [3.63, 3.8) is 0 Å². The first kappa shape index (κ1) is 14.3. The molecule has 6 nitrogen and oxygen atoms in total. The molecular formula is C13H24N4O2. The largest absolute Gasteiger partial charge is 0.330 e. The van der Waals surface area contributed by atoms with Gasteiger partial charge in [0.25, 0.3) is 5.91 Å². The van der Waals surface area contributed by atoms with Crippen LogP contribution in [-0.2, 0) is 4.79 Å². The van der Waals surface area contributed by atoms with E-state index in [0.29, 0.717) is 19.0 Å². The summed E-state index contributed by atoms with van der Waals surface area (Å²) in [5, 5.41) is 2.70. The predicted octanol–water partition coefficient (Wildman–Crippen LogP) is -0.0125. The smallest absolute Gasteiger partial charge is 0.325 e. The third-order valence-corrected chi connectivity index (χ3v) is 4.02. The summed E-state index contributed by atoms with van der Waals surface area (Å²) in [7, 11) is 0. The Labute approximate surface area is 114 Å². The SMILES string of the molecule is CC1(C)NC(=O)N(CCN2CCCC(CN)C2)C1=O. The Balaban J connectivity index is 1.85. The van der Waals surface area contributed by atoms with Crippen LogP contribution in [0.25, 0.3) is 0 Å². The number of urea groups is 1. The van der Waals surface area contributed by atoms with Crippen LogP contribution in [0.1, 0.15) is 26.7 Å². The molecule has 0 aromatic carbocycles. The van der Waals surface area contributed by atoms with E-state index in [1.54, 1.807) is 13.8 Å². The number of carbonyl (C=O) groups excluding carboxylic acids is 2. The van der Waals surface area contributed by atoms with Crippen LogP contribution in [0, 0.1) is 5.92 Å². The summed E-state index contributed by atoms with van der Waals surface area (Å²) in [5.74, 6) is 0.415. The van der Waals surface area contributed by atoms with Crippen molar-refractivity contribution in [2.75, 3.05) is 32.7 Å². The van der Waals surface area contributed by atoms with Gasteiger partial charge in [-0.15, -0.1) is 0 Å². The highest BCUT2D eigenvalue weighted by Gasteiger charge is 2.44. The lowest BCUT2D eigenvalue weighted by Gasteiger charge is -2.32. The molecule has 19 heavy (non-hydrogen) atoms. The van der Waals surface area contributed by atoms with E-state index in [2.05, 4.69) is 10.2 Å². The summed E-state index contributed by atoms with van der Waals surface area (Å²) < 4.78 is 0. The lowest BCUT2D eigenvalue weighted by Crippen LogP contribution is -2.44. The molecular weight excluding hydrogens is 244 g/mol. The number of piperidine rings is 1. The summed E-state index contributed by atoms with van der Waals surface area (Å²) in [6, 6.07) is -0.276. The molecule has 6 heteroatoms.